The van der Waals surface area contributed by atoms with E-state index in [9.17, 15) is 38.2 Å². The van der Waals surface area contributed by atoms with E-state index in [2.05, 4.69) is 21.3 Å². The van der Waals surface area contributed by atoms with Crippen LogP contribution in [-0.4, -0.2) is 84.4 Å². The van der Waals surface area contributed by atoms with Gasteiger partial charge in [0.1, 0.15) is 35.9 Å². The summed E-state index contributed by atoms with van der Waals surface area (Å²) in [7, 11) is 2.76. The van der Waals surface area contributed by atoms with Crippen molar-refractivity contribution in [1.82, 2.24) is 21.3 Å². The highest BCUT2D eigenvalue weighted by molar-refractivity contribution is 5.91. The van der Waals surface area contributed by atoms with Crippen LogP contribution < -0.4 is 21.3 Å². The molecule has 6 N–H and O–H groups in total. The topological polar surface area (TPSA) is 175 Å². The molecule has 0 saturated carbocycles. The molecule has 46 heavy (non-hydrogen) atoms. The molecule has 2 aromatic carbocycles. The summed E-state index contributed by atoms with van der Waals surface area (Å²) in [6.45, 7) is 5.88. The lowest BCUT2D eigenvalue weighted by molar-refractivity contribution is -0.171. The van der Waals surface area contributed by atoms with Crippen molar-refractivity contribution in [2.45, 2.75) is 77.4 Å². The van der Waals surface area contributed by atoms with Crippen LogP contribution in [-0.2, 0) is 41.9 Å². The quantitative estimate of drug-likeness (QED) is 0.147. The van der Waals surface area contributed by atoms with E-state index in [-0.39, 0.29) is 11.1 Å². The Hall–Kier alpha value is -3.98. The second kappa shape index (κ2) is 18.2. The molecule has 0 radical (unpaired) electrons. The summed E-state index contributed by atoms with van der Waals surface area (Å²) in [6.07, 6.45) is -8.13. The third kappa shape index (κ3) is 11.1. The van der Waals surface area contributed by atoms with Crippen LogP contribution in [0.5, 0.6) is 0 Å². The first kappa shape index (κ1) is 38.2. The Balaban J connectivity index is 2.46. The minimum absolute atomic E-state index is 0.285. The molecule has 0 aliphatic rings. The largest absolute Gasteiger partial charge is 0.387 e. The number of aliphatic hydroxyl groups is 2. The van der Waals surface area contributed by atoms with E-state index in [1.54, 1.807) is 27.7 Å². The van der Waals surface area contributed by atoms with Crippen molar-refractivity contribution in [2.75, 3.05) is 14.1 Å². The fourth-order valence-electron chi connectivity index (χ4n) is 4.49. The molecule has 0 aliphatic heterocycles. The number of aliphatic hydroxyl groups excluding tert-OH is 2. The van der Waals surface area contributed by atoms with E-state index in [1.807, 2.05) is 0 Å². The predicted octanol–water partition coefficient (Wildman–Crippen LogP) is 0.931. The molecule has 12 nitrogen and oxygen atoms in total. The standard InChI is InChI=1S/C32H44F2N4O8/c1-17(2)23(29(41)35-5)37-31(43)27(45-15-19-9-7-11-21(33)13-19)25(39)26(40)28(46-16-20-10-8-12-22(34)14-20)32(44)38-24(18(3)4)30(42)36-6/h7-14,17-18,23-28,39-40H,15-16H2,1-6H3,(H,35,41)(H,36,42)(H,37,43)(H,38,44)/t23-,24-,25+,26+,27+,28+/m0/s1. The normalized spacial score (nSPS) is 15.3. The highest BCUT2D eigenvalue weighted by Crippen LogP contribution is 2.18. The minimum Gasteiger partial charge on any atom is -0.387 e. The molecule has 14 heteroatoms. The lowest BCUT2D eigenvalue weighted by Gasteiger charge is -2.32. The average Bonchev–Trinajstić information content (AvgIpc) is 3.01. The number of carbonyl (C=O) groups excluding carboxylic acids is 4. The summed E-state index contributed by atoms with van der Waals surface area (Å²) in [4.78, 5) is 52.0. The summed E-state index contributed by atoms with van der Waals surface area (Å²) in [5.41, 5.74) is 0.571. The van der Waals surface area contributed by atoms with Crippen LogP contribution in [0.2, 0.25) is 0 Å². The maximum Gasteiger partial charge on any atom is 0.252 e. The number of halogens is 2. The number of nitrogens with one attached hydrogen (secondary N) is 4. The first-order valence-corrected chi connectivity index (χ1v) is 14.8. The van der Waals surface area contributed by atoms with Crippen molar-refractivity contribution < 1.29 is 47.6 Å². The molecule has 4 amide bonds. The van der Waals surface area contributed by atoms with Crippen molar-refractivity contribution in [3.63, 3.8) is 0 Å². The summed E-state index contributed by atoms with van der Waals surface area (Å²) < 4.78 is 39.0. The molecule has 254 valence electrons. The van der Waals surface area contributed by atoms with E-state index in [0.717, 1.165) is 12.1 Å². The molecule has 0 heterocycles. The molecule has 0 bridgehead atoms. The number of rotatable bonds is 17. The van der Waals surface area contributed by atoms with Crippen LogP contribution in [0, 0.1) is 23.5 Å². The zero-order chi connectivity index (χ0) is 34.6. The molecule has 0 spiro atoms. The lowest BCUT2D eigenvalue weighted by atomic mass is 9.98. The summed E-state index contributed by atoms with van der Waals surface area (Å²) in [6, 6.07) is 8.38. The van der Waals surface area contributed by atoms with Gasteiger partial charge in [0.25, 0.3) is 11.8 Å². The van der Waals surface area contributed by atoms with Gasteiger partial charge in [-0.3, -0.25) is 19.2 Å². The van der Waals surface area contributed by atoms with Gasteiger partial charge in [0.15, 0.2) is 12.2 Å². The Labute approximate surface area is 267 Å². The van der Waals surface area contributed by atoms with Gasteiger partial charge in [0.2, 0.25) is 11.8 Å². The number of amides is 4. The van der Waals surface area contributed by atoms with E-state index in [1.165, 1.54) is 50.5 Å². The van der Waals surface area contributed by atoms with Crippen molar-refractivity contribution in [2.24, 2.45) is 11.8 Å². The summed E-state index contributed by atoms with van der Waals surface area (Å²) in [5, 5.41) is 32.6. The minimum atomic E-state index is -2.16. The molecule has 6 atom stereocenters. The molecule has 0 fully saturated rings. The van der Waals surface area contributed by atoms with Crippen LogP contribution in [0.3, 0.4) is 0 Å². The third-order valence-electron chi connectivity index (χ3n) is 7.11. The molecular weight excluding hydrogens is 606 g/mol. The smallest absolute Gasteiger partial charge is 0.252 e. The van der Waals surface area contributed by atoms with E-state index < -0.39 is 96.8 Å². The van der Waals surface area contributed by atoms with E-state index >= 15 is 0 Å². The van der Waals surface area contributed by atoms with Gasteiger partial charge in [-0.05, 0) is 47.2 Å². The number of hydrogen-bond donors (Lipinski definition) is 6. The second-order valence-electron chi connectivity index (χ2n) is 11.4. The Morgan fingerprint density at radius 1 is 0.652 bits per heavy atom. The van der Waals surface area contributed by atoms with Gasteiger partial charge in [-0.15, -0.1) is 0 Å². The van der Waals surface area contributed by atoms with Gasteiger partial charge >= 0.3 is 0 Å². The van der Waals surface area contributed by atoms with Gasteiger partial charge in [-0.2, -0.15) is 0 Å². The first-order valence-electron chi connectivity index (χ1n) is 14.8. The molecule has 2 aromatic rings. The monoisotopic (exact) mass is 650 g/mol. The zero-order valence-electron chi connectivity index (χ0n) is 26.8. The number of likely N-dealkylation sites (N-methyl/N-ethyl adjacent to an activating group) is 2. The zero-order valence-corrected chi connectivity index (χ0v) is 26.8. The van der Waals surface area contributed by atoms with Crippen LogP contribution in [0.1, 0.15) is 38.8 Å². The van der Waals surface area contributed by atoms with Gasteiger partial charge < -0.3 is 41.0 Å². The number of hydrogen-bond acceptors (Lipinski definition) is 8. The summed E-state index contributed by atoms with van der Waals surface area (Å²) >= 11 is 0. The van der Waals surface area contributed by atoms with Gasteiger partial charge in [0.05, 0.1) is 13.2 Å². The fraction of sp³-hybridized carbons (Fsp3) is 0.500. The van der Waals surface area contributed by atoms with Gasteiger partial charge in [-0.1, -0.05) is 52.0 Å². The van der Waals surface area contributed by atoms with Crippen LogP contribution in [0.4, 0.5) is 8.78 Å². The summed E-state index contributed by atoms with van der Waals surface area (Å²) in [5.74, 6) is -5.07. The maximum atomic E-state index is 13.8. The second-order valence-corrected chi connectivity index (χ2v) is 11.4. The Bertz CT molecular complexity index is 1230. The Morgan fingerprint density at radius 2 is 1.00 bits per heavy atom. The van der Waals surface area contributed by atoms with Crippen LogP contribution in [0.15, 0.2) is 48.5 Å². The van der Waals surface area contributed by atoms with Crippen molar-refractivity contribution >= 4 is 23.6 Å². The van der Waals surface area contributed by atoms with Crippen molar-refractivity contribution in [3.8, 4) is 0 Å². The molecule has 0 unspecified atom stereocenters. The molecule has 0 saturated heterocycles. The highest BCUT2D eigenvalue weighted by atomic mass is 19.1. The first-order chi connectivity index (χ1) is 21.7. The highest BCUT2D eigenvalue weighted by Gasteiger charge is 2.42. The molecule has 0 aromatic heterocycles. The Morgan fingerprint density at radius 3 is 1.28 bits per heavy atom. The van der Waals surface area contributed by atoms with Crippen LogP contribution in [0.25, 0.3) is 0 Å². The maximum absolute atomic E-state index is 13.8. The Kier molecular flexibility index (Phi) is 15.1. The molecular formula is C32H44F2N4O8. The molecule has 2 rings (SSSR count). The fourth-order valence-corrected chi connectivity index (χ4v) is 4.49. The van der Waals surface area contributed by atoms with Crippen LogP contribution >= 0.6 is 0 Å². The average molecular weight is 651 g/mol. The number of ether oxygens (including phenoxy) is 2. The molecule has 0 aliphatic carbocycles. The van der Waals surface area contributed by atoms with Crippen molar-refractivity contribution in [3.05, 3.63) is 71.3 Å². The van der Waals surface area contributed by atoms with Gasteiger partial charge in [-0.25, -0.2) is 8.78 Å². The lowest BCUT2D eigenvalue weighted by Crippen LogP contribution is -2.60. The predicted molar refractivity (Wildman–Crippen MR) is 164 cm³/mol. The van der Waals surface area contributed by atoms with Gasteiger partial charge in [0, 0.05) is 14.1 Å². The SMILES string of the molecule is CNC(=O)[C@@H](NC(=O)[C@H](OCc1cccc(F)c1)[C@H](O)[C@@H](O)[C@@H](OCc1cccc(F)c1)C(=O)N[C@H](C(=O)NC)C(C)C)C(C)C. The number of benzene rings is 2. The number of carbonyl (C=O) groups is 4. The third-order valence-corrected chi connectivity index (χ3v) is 7.11. The van der Waals surface area contributed by atoms with E-state index in [4.69, 9.17) is 9.47 Å². The van der Waals surface area contributed by atoms with E-state index in [0.29, 0.717) is 0 Å². The van der Waals surface area contributed by atoms with Crippen molar-refractivity contribution in [1.29, 1.82) is 0 Å².